The van der Waals surface area contributed by atoms with Crippen molar-refractivity contribution in [2.45, 2.75) is 26.8 Å². The highest BCUT2D eigenvalue weighted by Crippen LogP contribution is 2.13. The molecule has 1 N–H and O–H groups in total. The SMILES string of the molecule is CCN(CC)S(=O)(=O)N1CCN(C(=O)C(C)NC(=O)c2cccs2)CC1. The highest BCUT2D eigenvalue weighted by molar-refractivity contribution is 7.86. The summed E-state index contributed by atoms with van der Waals surface area (Å²) in [6.45, 7) is 7.25. The molecular weight excluding hydrogens is 376 g/mol. The molecule has 8 nitrogen and oxygen atoms in total. The number of amides is 2. The molecule has 0 aliphatic carbocycles. The van der Waals surface area contributed by atoms with Crippen LogP contribution in [0.2, 0.25) is 0 Å². The minimum absolute atomic E-state index is 0.199. The zero-order chi connectivity index (χ0) is 19.3. The van der Waals surface area contributed by atoms with E-state index >= 15 is 0 Å². The monoisotopic (exact) mass is 402 g/mol. The van der Waals surface area contributed by atoms with E-state index in [2.05, 4.69) is 5.32 Å². The molecule has 0 radical (unpaired) electrons. The average Bonchev–Trinajstić information content (AvgIpc) is 3.16. The molecule has 1 aliphatic heterocycles. The number of carbonyl (C=O) groups excluding carboxylic acids is 2. The average molecular weight is 403 g/mol. The van der Waals surface area contributed by atoms with Gasteiger partial charge in [-0.1, -0.05) is 19.9 Å². The van der Waals surface area contributed by atoms with Crippen LogP contribution in [0.4, 0.5) is 0 Å². The third-order valence-corrected chi connectivity index (χ3v) is 7.43. The fourth-order valence-electron chi connectivity index (χ4n) is 2.86. The number of rotatable bonds is 7. The van der Waals surface area contributed by atoms with E-state index in [0.717, 1.165) is 0 Å². The second-order valence-corrected chi connectivity index (χ2v) is 8.87. The first-order valence-corrected chi connectivity index (χ1v) is 11.0. The van der Waals surface area contributed by atoms with Gasteiger partial charge in [-0.3, -0.25) is 9.59 Å². The van der Waals surface area contributed by atoms with Gasteiger partial charge in [0.15, 0.2) is 0 Å². The zero-order valence-electron chi connectivity index (χ0n) is 15.3. The van der Waals surface area contributed by atoms with E-state index in [4.69, 9.17) is 0 Å². The van der Waals surface area contributed by atoms with Gasteiger partial charge >= 0.3 is 0 Å². The first-order chi connectivity index (χ1) is 12.3. The lowest BCUT2D eigenvalue weighted by atomic mass is 10.2. The van der Waals surface area contributed by atoms with Crippen molar-refractivity contribution in [2.24, 2.45) is 0 Å². The molecule has 1 aromatic heterocycles. The summed E-state index contributed by atoms with van der Waals surface area (Å²) in [6, 6.07) is 2.82. The molecule has 2 heterocycles. The number of carbonyl (C=O) groups is 2. The number of hydrogen-bond donors (Lipinski definition) is 1. The standard InChI is InChI=1S/C16H26N4O4S2/c1-4-19(5-2)26(23,24)20-10-8-18(9-11-20)16(22)13(3)17-15(21)14-7-6-12-25-14/h6-7,12-13H,4-5,8-11H2,1-3H3,(H,17,21). The molecule has 26 heavy (non-hydrogen) atoms. The van der Waals surface area contributed by atoms with Crippen molar-refractivity contribution >= 4 is 33.4 Å². The number of piperazine rings is 1. The molecule has 0 saturated carbocycles. The van der Waals surface area contributed by atoms with Crippen LogP contribution in [-0.2, 0) is 15.0 Å². The normalized spacial score (nSPS) is 17.3. The summed E-state index contributed by atoms with van der Waals surface area (Å²) in [7, 11) is -3.48. The lowest BCUT2D eigenvalue weighted by Crippen LogP contribution is -2.57. The Balaban J connectivity index is 1.90. The van der Waals surface area contributed by atoms with Gasteiger partial charge in [0.05, 0.1) is 4.88 Å². The maximum Gasteiger partial charge on any atom is 0.282 e. The van der Waals surface area contributed by atoms with Gasteiger partial charge in [-0.15, -0.1) is 11.3 Å². The van der Waals surface area contributed by atoms with Crippen molar-refractivity contribution in [3.05, 3.63) is 22.4 Å². The molecule has 0 bridgehead atoms. The molecule has 0 spiro atoms. The van der Waals surface area contributed by atoms with Gasteiger partial charge < -0.3 is 10.2 Å². The van der Waals surface area contributed by atoms with Crippen LogP contribution < -0.4 is 5.32 Å². The lowest BCUT2D eigenvalue weighted by Gasteiger charge is -2.37. The Hall–Kier alpha value is -1.49. The Kier molecular flexibility index (Phi) is 7.16. The zero-order valence-corrected chi connectivity index (χ0v) is 17.0. The van der Waals surface area contributed by atoms with Crippen molar-refractivity contribution < 1.29 is 18.0 Å². The Morgan fingerprint density at radius 3 is 2.35 bits per heavy atom. The second-order valence-electron chi connectivity index (χ2n) is 5.99. The van der Waals surface area contributed by atoms with Gasteiger partial charge in [-0.2, -0.15) is 17.0 Å². The van der Waals surface area contributed by atoms with E-state index in [1.165, 1.54) is 19.9 Å². The van der Waals surface area contributed by atoms with Crippen molar-refractivity contribution in [3.63, 3.8) is 0 Å². The Bertz CT molecular complexity index is 709. The molecule has 2 rings (SSSR count). The predicted octanol–water partition coefficient (Wildman–Crippen LogP) is 0.597. The molecule has 2 amide bonds. The van der Waals surface area contributed by atoms with Crippen molar-refractivity contribution in [3.8, 4) is 0 Å². The van der Waals surface area contributed by atoms with Crippen LogP contribution in [-0.4, -0.2) is 79.1 Å². The molecule has 1 saturated heterocycles. The molecule has 10 heteroatoms. The Morgan fingerprint density at radius 2 is 1.85 bits per heavy atom. The summed E-state index contributed by atoms with van der Waals surface area (Å²) in [5.41, 5.74) is 0. The third-order valence-electron chi connectivity index (χ3n) is 4.37. The minimum atomic E-state index is -3.48. The Labute approximate surface area is 158 Å². The number of thiophene rings is 1. The summed E-state index contributed by atoms with van der Waals surface area (Å²) in [5, 5.41) is 4.50. The fourth-order valence-corrected chi connectivity index (χ4v) is 5.09. The maximum atomic E-state index is 12.5. The predicted molar refractivity (Wildman–Crippen MR) is 101 cm³/mol. The molecule has 1 atom stereocenters. The topological polar surface area (TPSA) is 90.0 Å². The second kappa shape index (κ2) is 8.94. The summed E-state index contributed by atoms with van der Waals surface area (Å²) in [4.78, 5) is 26.8. The highest BCUT2D eigenvalue weighted by Gasteiger charge is 2.33. The van der Waals surface area contributed by atoms with Gasteiger partial charge in [0.25, 0.3) is 16.1 Å². The molecule has 1 unspecified atom stereocenters. The lowest BCUT2D eigenvalue weighted by molar-refractivity contribution is -0.134. The van der Waals surface area contributed by atoms with Crippen LogP contribution in [0.25, 0.3) is 0 Å². The van der Waals surface area contributed by atoms with Crippen molar-refractivity contribution in [2.75, 3.05) is 39.3 Å². The number of nitrogens with one attached hydrogen (secondary N) is 1. The van der Waals surface area contributed by atoms with E-state index in [0.29, 0.717) is 31.1 Å². The minimum Gasteiger partial charge on any atom is -0.340 e. The van der Waals surface area contributed by atoms with Crippen LogP contribution in [0.3, 0.4) is 0 Å². The molecular formula is C16H26N4O4S2. The first-order valence-electron chi connectivity index (χ1n) is 8.69. The Morgan fingerprint density at radius 1 is 1.23 bits per heavy atom. The van der Waals surface area contributed by atoms with E-state index < -0.39 is 16.3 Å². The van der Waals surface area contributed by atoms with Crippen LogP contribution >= 0.6 is 11.3 Å². The van der Waals surface area contributed by atoms with Crippen molar-refractivity contribution in [1.29, 1.82) is 0 Å². The molecule has 146 valence electrons. The van der Waals surface area contributed by atoms with E-state index in [1.807, 2.05) is 0 Å². The number of hydrogen-bond acceptors (Lipinski definition) is 5. The van der Waals surface area contributed by atoms with Crippen LogP contribution in [0.15, 0.2) is 17.5 Å². The van der Waals surface area contributed by atoms with Gasteiger partial charge in [-0.25, -0.2) is 0 Å². The van der Waals surface area contributed by atoms with Gasteiger partial charge in [0, 0.05) is 39.3 Å². The summed E-state index contributed by atoms with van der Waals surface area (Å²) in [5.74, 6) is -0.474. The van der Waals surface area contributed by atoms with Crippen LogP contribution in [0, 0.1) is 0 Å². The number of nitrogens with zero attached hydrogens (tertiary/aromatic N) is 3. The highest BCUT2D eigenvalue weighted by atomic mass is 32.2. The fraction of sp³-hybridized carbons (Fsp3) is 0.625. The summed E-state index contributed by atoms with van der Waals surface area (Å²) >= 11 is 1.32. The third kappa shape index (κ3) is 4.61. The van der Waals surface area contributed by atoms with E-state index in [1.54, 1.807) is 43.2 Å². The van der Waals surface area contributed by atoms with E-state index in [9.17, 15) is 18.0 Å². The smallest absolute Gasteiger partial charge is 0.282 e. The first kappa shape index (κ1) is 20.8. The molecule has 0 aromatic carbocycles. The largest absolute Gasteiger partial charge is 0.340 e. The summed E-state index contributed by atoms with van der Waals surface area (Å²) < 4.78 is 27.9. The van der Waals surface area contributed by atoms with Crippen LogP contribution in [0.1, 0.15) is 30.4 Å². The molecule has 1 aliphatic rings. The quantitative estimate of drug-likeness (QED) is 0.723. The van der Waals surface area contributed by atoms with Crippen LogP contribution in [0.5, 0.6) is 0 Å². The van der Waals surface area contributed by atoms with Crippen molar-refractivity contribution in [1.82, 2.24) is 18.8 Å². The van der Waals surface area contributed by atoms with Gasteiger partial charge in [-0.05, 0) is 18.4 Å². The maximum absolute atomic E-state index is 12.5. The molecule has 1 aromatic rings. The summed E-state index contributed by atoms with van der Waals surface area (Å²) in [6.07, 6.45) is 0. The van der Waals surface area contributed by atoms with Gasteiger partial charge in [0.2, 0.25) is 5.91 Å². The van der Waals surface area contributed by atoms with E-state index in [-0.39, 0.29) is 24.9 Å². The molecule has 1 fully saturated rings. The van der Waals surface area contributed by atoms with Gasteiger partial charge in [0.1, 0.15) is 6.04 Å².